The van der Waals surface area contributed by atoms with Gasteiger partial charge in [-0.2, -0.15) is 0 Å². The molecular weight excluding hydrogens is 490 g/mol. The summed E-state index contributed by atoms with van der Waals surface area (Å²) >= 11 is 17.9. The Hall–Kier alpha value is -0.330. The fourth-order valence-electron chi connectivity index (χ4n) is 2.12. The molecule has 3 aromatic carbocycles. The average molecular weight is 503 g/mol. The number of rotatable bonds is 4. The van der Waals surface area contributed by atoms with Crippen molar-refractivity contribution in [2.24, 2.45) is 0 Å². The molecule has 0 nitrogen and oxygen atoms in total. The number of hydrogen-bond donors (Lipinski definition) is 0. The molecular formula is C19H13Cl2IS2. The van der Waals surface area contributed by atoms with Crippen LogP contribution in [0, 0.1) is 10.5 Å². The molecule has 0 unspecified atom stereocenters. The minimum Gasteiger partial charge on any atom is -0.0889 e. The molecule has 0 atom stereocenters. The van der Waals surface area contributed by atoms with Crippen LogP contribution in [0.25, 0.3) is 0 Å². The molecule has 0 saturated heterocycles. The molecule has 0 aliphatic heterocycles. The van der Waals surface area contributed by atoms with E-state index in [0.29, 0.717) is 0 Å². The Kier molecular flexibility index (Phi) is 6.44. The van der Waals surface area contributed by atoms with E-state index in [-0.39, 0.29) is 0 Å². The van der Waals surface area contributed by atoms with Gasteiger partial charge >= 0.3 is 0 Å². The van der Waals surface area contributed by atoms with Crippen LogP contribution in [0.5, 0.6) is 0 Å². The third-order valence-corrected chi connectivity index (χ3v) is 7.28. The third-order valence-electron chi connectivity index (χ3n) is 3.23. The number of aryl methyl sites for hydroxylation is 1. The van der Waals surface area contributed by atoms with Crippen molar-refractivity contribution in [3.05, 3.63) is 79.8 Å². The molecule has 122 valence electrons. The number of hydrogen-bond acceptors (Lipinski definition) is 2. The number of halogens is 3. The van der Waals surface area contributed by atoms with Gasteiger partial charge in [0, 0.05) is 33.2 Å². The van der Waals surface area contributed by atoms with E-state index in [1.54, 1.807) is 23.5 Å². The van der Waals surface area contributed by atoms with E-state index in [9.17, 15) is 0 Å². The second-order valence-corrected chi connectivity index (χ2v) is 9.42. The van der Waals surface area contributed by atoms with Crippen LogP contribution < -0.4 is 0 Å². The lowest BCUT2D eigenvalue weighted by atomic mass is 10.2. The van der Waals surface area contributed by atoms with Crippen molar-refractivity contribution in [2.45, 2.75) is 26.5 Å². The molecule has 3 aromatic rings. The van der Waals surface area contributed by atoms with Crippen LogP contribution in [0.3, 0.4) is 0 Å². The van der Waals surface area contributed by atoms with Gasteiger partial charge in [0.1, 0.15) is 0 Å². The quantitative estimate of drug-likeness (QED) is 0.329. The highest BCUT2D eigenvalue weighted by Crippen LogP contribution is 2.42. The lowest BCUT2D eigenvalue weighted by Gasteiger charge is -2.13. The molecule has 3 rings (SSSR count). The highest BCUT2D eigenvalue weighted by molar-refractivity contribution is 14.1. The van der Waals surface area contributed by atoms with Crippen LogP contribution in [-0.2, 0) is 0 Å². The summed E-state index contributed by atoms with van der Waals surface area (Å²) in [4.78, 5) is 4.88. The van der Waals surface area contributed by atoms with Gasteiger partial charge in [-0.15, -0.1) is 0 Å². The van der Waals surface area contributed by atoms with E-state index < -0.39 is 0 Å². The maximum absolute atomic E-state index is 5.99. The first-order valence-electron chi connectivity index (χ1n) is 7.18. The van der Waals surface area contributed by atoms with E-state index in [1.807, 2.05) is 24.3 Å². The average Bonchev–Trinajstić information content (AvgIpc) is 2.54. The monoisotopic (exact) mass is 502 g/mol. The van der Waals surface area contributed by atoms with Crippen LogP contribution in [0.2, 0.25) is 10.0 Å². The predicted molar refractivity (Wildman–Crippen MR) is 115 cm³/mol. The molecule has 0 aromatic heterocycles. The second-order valence-electron chi connectivity index (χ2n) is 5.19. The van der Waals surface area contributed by atoms with Gasteiger partial charge in [-0.3, -0.25) is 0 Å². The molecule has 0 aliphatic carbocycles. The van der Waals surface area contributed by atoms with Gasteiger partial charge < -0.3 is 0 Å². The van der Waals surface area contributed by atoms with Gasteiger partial charge in [0.05, 0.1) is 0 Å². The highest BCUT2D eigenvalue weighted by Gasteiger charge is 2.12. The van der Waals surface area contributed by atoms with Crippen LogP contribution in [0.4, 0.5) is 0 Å². The molecule has 0 amide bonds. The van der Waals surface area contributed by atoms with Gasteiger partial charge in [-0.1, -0.05) is 46.7 Å². The Morgan fingerprint density at radius 3 is 1.79 bits per heavy atom. The first-order valence-corrected chi connectivity index (χ1v) is 10.6. The maximum Gasteiger partial charge on any atom is 0.0406 e. The lowest BCUT2D eigenvalue weighted by Crippen LogP contribution is -1.87. The largest absolute Gasteiger partial charge is 0.0889 e. The van der Waals surface area contributed by atoms with E-state index >= 15 is 0 Å². The zero-order valence-corrected chi connectivity index (χ0v) is 18.0. The van der Waals surface area contributed by atoms with Crippen molar-refractivity contribution >= 4 is 69.3 Å². The topological polar surface area (TPSA) is 0 Å². The van der Waals surface area contributed by atoms with Gasteiger partial charge in [-0.05, 0) is 95.7 Å². The SMILES string of the molecule is Cc1cc(I)c(Sc2ccc(Cl)cc2)c(Sc2ccc(Cl)cc2)c1. The first-order chi connectivity index (χ1) is 11.5. The fraction of sp³-hybridized carbons (Fsp3) is 0.0526. The number of benzene rings is 3. The van der Waals surface area contributed by atoms with Crippen LogP contribution in [0.1, 0.15) is 5.56 Å². The summed E-state index contributed by atoms with van der Waals surface area (Å²) < 4.78 is 1.25. The zero-order chi connectivity index (χ0) is 17.1. The molecule has 0 aliphatic rings. The van der Waals surface area contributed by atoms with Crippen molar-refractivity contribution in [1.82, 2.24) is 0 Å². The van der Waals surface area contributed by atoms with Crippen molar-refractivity contribution in [2.75, 3.05) is 0 Å². The van der Waals surface area contributed by atoms with Crippen molar-refractivity contribution in [1.29, 1.82) is 0 Å². The summed E-state index contributed by atoms with van der Waals surface area (Å²) in [5.41, 5.74) is 1.26. The normalized spacial score (nSPS) is 10.8. The third kappa shape index (κ3) is 4.85. The maximum atomic E-state index is 5.99. The Labute approximate surface area is 174 Å². The summed E-state index contributed by atoms with van der Waals surface area (Å²) in [5, 5.41) is 1.52. The Morgan fingerprint density at radius 1 is 0.750 bits per heavy atom. The minimum atomic E-state index is 0.758. The minimum absolute atomic E-state index is 0.758. The van der Waals surface area contributed by atoms with Gasteiger partial charge in [0.15, 0.2) is 0 Å². The molecule has 0 bridgehead atoms. The molecule has 0 radical (unpaired) electrons. The first kappa shape index (κ1) is 18.5. The Morgan fingerprint density at radius 2 is 1.25 bits per heavy atom. The molecule has 0 saturated carbocycles. The summed E-state index contributed by atoms with van der Waals surface area (Å²) in [6, 6.07) is 20.4. The summed E-state index contributed by atoms with van der Waals surface area (Å²) in [7, 11) is 0. The van der Waals surface area contributed by atoms with Gasteiger partial charge in [0.2, 0.25) is 0 Å². The fourth-order valence-corrected chi connectivity index (χ4v) is 5.72. The smallest absolute Gasteiger partial charge is 0.0406 e. The molecule has 24 heavy (non-hydrogen) atoms. The standard InChI is InChI=1S/C19H13Cl2IS2/c1-12-10-17(22)19(24-16-8-4-14(21)5-9-16)18(11-12)23-15-6-2-13(20)3-7-15/h2-11H,1H3. The molecule has 0 spiro atoms. The van der Waals surface area contributed by atoms with Crippen LogP contribution in [-0.4, -0.2) is 0 Å². The Balaban J connectivity index is 1.95. The predicted octanol–water partition coefficient (Wildman–Crippen LogP) is 8.21. The van der Waals surface area contributed by atoms with E-state index in [4.69, 9.17) is 23.2 Å². The zero-order valence-electron chi connectivity index (χ0n) is 12.7. The van der Waals surface area contributed by atoms with Gasteiger partial charge in [-0.25, -0.2) is 0 Å². The van der Waals surface area contributed by atoms with Crippen molar-refractivity contribution in [3.8, 4) is 0 Å². The molecule has 0 heterocycles. The second kappa shape index (κ2) is 8.37. The lowest BCUT2D eigenvalue weighted by molar-refractivity contribution is 1.17. The van der Waals surface area contributed by atoms with Crippen LogP contribution in [0.15, 0.2) is 80.2 Å². The summed E-state index contributed by atoms with van der Waals surface area (Å²) in [6.07, 6.45) is 0. The van der Waals surface area contributed by atoms with E-state index in [0.717, 1.165) is 10.0 Å². The van der Waals surface area contributed by atoms with Gasteiger partial charge in [0.25, 0.3) is 0 Å². The highest BCUT2D eigenvalue weighted by atomic mass is 127. The Bertz CT molecular complexity index is 846. The summed E-state index contributed by atoms with van der Waals surface area (Å²) in [6.45, 7) is 2.13. The van der Waals surface area contributed by atoms with Crippen molar-refractivity contribution < 1.29 is 0 Å². The summed E-state index contributed by atoms with van der Waals surface area (Å²) in [5.74, 6) is 0. The molecule has 5 heteroatoms. The van der Waals surface area contributed by atoms with Crippen LogP contribution >= 0.6 is 69.3 Å². The van der Waals surface area contributed by atoms with E-state index in [1.165, 1.54) is 28.7 Å². The molecule has 0 fully saturated rings. The molecule has 0 N–H and O–H groups in total. The van der Waals surface area contributed by atoms with Crippen molar-refractivity contribution in [3.63, 3.8) is 0 Å². The van der Waals surface area contributed by atoms with E-state index in [2.05, 4.69) is 65.9 Å².